The molecular formula is C19H29N7O. The molecule has 146 valence electrons. The third kappa shape index (κ3) is 5.18. The molecule has 3 heterocycles. The van der Waals surface area contributed by atoms with Crippen LogP contribution in [0.3, 0.4) is 0 Å². The van der Waals surface area contributed by atoms with Crippen molar-refractivity contribution in [1.82, 2.24) is 29.7 Å². The molecule has 2 aromatic heterocycles. The second kappa shape index (κ2) is 8.37. The Morgan fingerprint density at radius 3 is 2.59 bits per heavy atom. The molecule has 1 aliphatic rings. The van der Waals surface area contributed by atoms with E-state index in [9.17, 15) is 4.79 Å². The van der Waals surface area contributed by atoms with Gasteiger partial charge in [-0.05, 0) is 17.9 Å². The fourth-order valence-electron chi connectivity index (χ4n) is 3.16. The number of nitrogens with one attached hydrogen (secondary N) is 1. The number of carbonyl (C=O) groups excluding carboxylic acids is 1. The molecule has 1 saturated heterocycles. The van der Waals surface area contributed by atoms with Crippen LogP contribution in [0, 0.1) is 5.41 Å². The van der Waals surface area contributed by atoms with E-state index >= 15 is 0 Å². The number of urea groups is 1. The van der Waals surface area contributed by atoms with Gasteiger partial charge in [0, 0.05) is 57.5 Å². The lowest BCUT2D eigenvalue weighted by atomic mass is 9.86. The number of aromatic nitrogens is 4. The van der Waals surface area contributed by atoms with Gasteiger partial charge < -0.3 is 19.7 Å². The van der Waals surface area contributed by atoms with Gasteiger partial charge in [0.2, 0.25) is 5.95 Å². The zero-order valence-electron chi connectivity index (χ0n) is 16.4. The van der Waals surface area contributed by atoms with Gasteiger partial charge in [0.25, 0.3) is 0 Å². The minimum absolute atomic E-state index is 0.00845. The van der Waals surface area contributed by atoms with Gasteiger partial charge in [0.15, 0.2) is 0 Å². The van der Waals surface area contributed by atoms with Crippen molar-refractivity contribution >= 4 is 12.0 Å². The highest BCUT2D eigenvalue weighted by Gasteiger charge is 2.29. The lowest BCUT2D eigenvalue weighted by Crippen LogP contribution is -2.52. The molecule has 0 spiro atoms. The van der Waals surface area contributed by atoms with Crippen molar-refractivity contribution in [3.8, 4) is 0 Å². The summed E-state index contributed by atoms with van der Waals surface area (Å²) >= 11 is 0. The Bertz CT molecular complexity index is 711. The van der Waals surface area contributed by atoms with Crippen molar-refractivity contribution in [3.05, 3.63) is 37.2 Å². The second-order valence-corrected chi connectivity index (χ2v) is 8.00. The summed E-state index contributed by atoms with van der Waals surface area (Å²) in [5.41, 5.74) is -0.0598. The van der Waals surface area contributed by atoms with E-state index in [2.05, 4.69) is 45.9 Å². The monoisotopic (exact) mass is 371 g/mol. The molecule has 0 bridgehead atoms. The van der Waals surface area contributed by atoms with Crippen LogP contribution in [0.2, 0.25) is 0 Å². The molecule has 1 fully saturated rings. The summed E-state index contributed by atoms with van der Waals surface area (Å²) in [4.78, 5) is 29.7. The third-order valence-corrected chi connectivity index (χ3v) is 4.91. The van der Waals surface area contributed by atoms with E-state index in [4.69, 9.17) is 0 Å². The largest absolute Gasteiger partial charge is 0.339 e. The molecular weight excluding hydrogens is 342 g/mol. The Morgan fingerprint density at radius 2 is 1.93 bits per heavy atom. The van der Waals surface area contributed by atoms with Crippen LogP contribution in [0.5, 0.6) is 0 Å². The molecule has 8 heteroatoms. The summed E-state index contributed by atoms with van der Waals surface area (Å²) in [6, 6.07) is 1.82. The maximum absolute atomic E-state index is 12.9. The topological polar surface area (TPSA) is 79.2 Å². The summed E-state index contributed by atoms with van der Waals surface area (Å²) in [5, 5.41) is 3.24. The van der Waals surface area contributed by atoms with Gasteiger partial charge in [-0.3, -0.25) is 0 Å². The maximum Gasteiger partial charge on any atom is 0.317 e. The zero-order valence-corrected chi connectivity index (χ0v) is 16.4. The molecule has 0 aliphatic carbocycles. The van der Waals surface area contributed by atoms with E-state index in [1.54, 1.807) is 24.9 Å². The van der Waals surface area contributed by atoms with Gasteiger partial charge in [0.1, 0.15) is 0 Å². The lowest BCUT2D eigenvalue weighted by molar-refractivity contribution is 0.177. The minimum atomic E-state index is -0.0598. The second-order valence-electron chi connectivity index (χ2n) is 8.00. The number of imidazole rings is 1. The fraction of sp³-hybridized carbons (Fsp3) is 0.579. The Morgan fingerprint density at radius 1 is 1.15 bits per heavy atom. The van der Waals surface area contributed by atoms with Crippen LogP contribution in [-0.4, -0.2) is 62.7 Å². The molecule has 8 nitrogen and oxygen atoms in total. The molecule has 0 saturated carbocycles. The van der Waals surface area contributed by atoms with E-state index < -0.39 is 0 Å². The average Bonchev–Trinajstić information content (AvgIpc) is 3.02. The van der Waals surface area contributed by atoms with Crippen molar-refractivity contribution in [2.24, 2.45) is 5.41 Å². The van der Waals surface area contributed by atoms with Gasteiger partial charge in [-0.15, -0.1) is 0 Å². The van der Waals surface area contributed by atoms with Gasteiger partial charge >= 0.3 is 6.03 Å². The van der Waals surface area contributed by atoms with Gasteiger partial charge in [-0.25, -0.2) is 19.7 Å². The molecule has 3 rings (SSSR count). The average molecular weight is 371 g/mol. The summed E-state index contributed by atoms with van der Waals surface area (Å²) < 4.78 is 2.01. The first kappa shape index (κ1) is 19.1. The molecule has 2 amide bonds. The first-order valence-corrected chi connectivity index (χ1v) is 9.46. The van der Waals surface area contributed by atoms with E-state index in [0.29, 0.717) is 13.1 Å². The standard InChI is InChI=1S/C19H29N7O/c1-19(2,3)16(14-24-11-8-20-15-24)23-18(27)26-10-5-9-25(12-13-26)17-21-6-4-7-22-17/h4,6-8,11,15-16H,5,9-10,12-14H2,1-3H3,(H,23,27)/t16-/m1/s1. The number of rotatable bonds is 4. The molecule has 27 heavy (non-hydrogen) atoms. The maximum atomic E-state index is 12.9. The normalized spacial score (nSPS) is 16.7. The molecule has 2 aromatic rings. The van der Waals surface area contributed by atoms with Crippen molar-refractivity contribution in [2.45, 2.75) is 39.8 Å². The molecule has 0 radical (unpaired) electrons. The van der Waals surface area contributed by atoms with E-state index in [0.717, 1.165) is 32.0 Å². The number of nitrogens with zero attached hydrogens (tertiary/aromatic N) is 6. The first-order chi connectivity index (χ1) is 12.9. The molecule has 1 aliphatic heterocycles. The predicted octanol–water partition coefficient (Wildman–Crippen LogP) is 2.01. The summed E-state index contributed by atoms with van der Waals surface area (Å²) in [6.07, 6.45) is 9.87. The molecule has 0 aromatic carbocycles. The van der Waals surface area contributed by atoms with E-state index in [1.807, 2.05) is 21.7 Å². The molecule has 1 atom stereocenters. The van der Waals surface area contributed by atoms with Gasteiger partial charge in [-0.2, -0.15) is 0 Å². The Labute approximate surface area is 160 Å². The van der Waals surface area contributed by atoms with E-state index in [1.165, 1.54) is 0 Å². The third-order valence-electron chi connectivity index (χ3n) is 4.91. The lowest BCUT2D eigenvalue weighted by Gasteiger charge is -2.34. The molecule has 1 N–H and O–H groups in total. The smallest absolute Gasteiger partial charge is 0.317 e. The Kier molecular flexibility index (Phi) is 5.93. The van der Waals surface area contributed by atoms with Crippen LogP contribution in [0.4, 0.5) is 10.7 Å². The van der Waals surface area contributed by atoms with Crippen LogP contribution in [-0.2, 0) is 6.54 Å². The summed E-state index contributed by atoms with van der Waals surface area (Å²) in [6.45, 7) is 10.1. The van der Waals surface area contributed by atoms with Crippen LogP contribution in [0.25, 0.3) is 0 Å². The van der Waals surface area contributed by atoms with Crippen molar-refractivity contribution < 1.29 is 4.79 Å². The van der Waals surface area contributed by atoms with Crippen LogP contribution in [0.15, 0.2) is 37.2 Å². The van der Waals surface area contributed by atoms with Crippen molar-refractivity contribution in [1.29, 1.82) is 0 Å². The number of hydrogen-bond acceptors (Lipinski definition) is 5. The Hall–Kier alpha value is -2.64. The number of anilines is 1. The Balaban J connectivity index is 1.60. The SMILES string of the molecule is CC(C)(C)[C@@H](Cn1ccnc1)NC(=O)N1CCCN(c2ncccn2)CC1. The van der Waals surface area contributed by atoms with E-state index in [-0.39, 0.29) is 17.5 Å². The van der Waals surface area contributed by atoms with Gasteiger partial charge in [-0.1, -0.05) is 20.8 Å². The van der Waals surface area contributed by atoms with Crippen LogP contribution >= 0.6 is 0 Å². The highest BCUT2D eigenvalue weighted by atomic mass is 16.2. The van der Waals surface area contributed by atoms with Crippen molar-refractivity contribution in [2.75, 3.05) is 31.1 Å². The fourth-order valence-corrected chi connectivity index (χ4v) is 3.16. The van der Waals surface area contributed by atoms with Gasteiger partial charge in [0.05, 0.1) is 12.4 Å². The minimum Gasteiger partial charge on any atom is -0.339 e. The number of hydrogen-bond donors (Lipinski definition) is 1. The summed E-state index contributed by atoms with van der Waals surface area (Å²) in [5.74, 6) is 0.729. The first-order valence-electron chi connectivity index (χ1n) is 9.46. The number of amides is 2. The summed E-state index contributed by atoms with van der Waals surface area (Å²) in [7, 11) is 0. The highest BCUT2D eigenvalue weighted by Crippen LogP contribution is 2.21. The zero-order chi connectivity index (χ0) is 19.3. The predicted molar refractivity (Wildman–Crippen MR) is 104 cm³/mol. The van der Waals surface area contributed by atoms with Crippen molar-refractivity contribution in [3.63, 3.8) is 0 Å². The quantitative estimate of drug-likeness (QED) is 0.889. The highest BCUT2D eigenvalue weighted by molar-refractivity contribution is 5.74. The van der Waals surface area contributed by atoms with Crippen LogP contribution in [0.1, 0.15) is 27.2 Å². The van der Waals surface area contributed by atoms with Crippen LogP contribution < -0.4 is 10.2 Å². The molecule has 0 unspecified atom stereocenters. The number of carbonyl (C=O) groups is 1.